The number of rotatable bonds is 5. The second kappa shape index (κ2) is 6.73. The van der Waals surface area contributed by atoms with Crippen molar-refractivity contribution in [1.29, 1.82) is 0 Å². The van der Waals surface area contributed by atoms with Crippen LogP contribution in [0, 0.1) is 5.92 Å². The summed E-state index contributed by atoms with van der Waals surface area (Å²) < 4.78 is 26.3. The Kier molecular flexibility index (Phi) is 5.45. The van der Waals surface area contributed by atoms with E-state index >= 15 is 0 Å². The summed E-state index contributed by atoms with van der Waals surface area (Å²) in [6, 6.07) is 0.731. The summed E-state index contributed by atoms with van der Waals surface area (Å²) in [5, 5.41) is 0. The predicted octanol–water partition coefficient (Wildman–Crippen LogP) is 0.860. The zero-order valence-electron chi connectivity index (χ0n) is 12.8. The Morgan fingerprint density at radius 1 is 1.15 bits per heavy atom. The van der Waals surface area contributed by atoms with Crippen molar-refractivity contribution in [2.45, 2.75) is 51.6 Å². The number of piperidine rings is 1. The minimum absolute atomic E-state index is 0.294. The lowest BCUT2D eigenvalue weighted by atomic mass is 10.0. The second-order valence-corrected chi connectivity index (χ2v) is 8.76. The third-order valence-corrected chi connectivity index (χ3v) is 6.43. The van der Waals surface area contributed by atoms with Gasteiger partial charge in [0, 0.05) is 25.2 Å². The van der Waals surface area contributed by atoms with Crippen LogP contribution in [0.15, 0.2) is 0 Å². The van der Waals surface area contributed by atoms with Gasteiger partial charge in [0.2, 0.25) is 10.0 Å². The fraction of sp³-hybridized carbons (Fsp3) is 1.00. The SMILES string of the molecule is CC(C)CCS(=O)(=O)N1CCC(N2CCC(N)CC2)C1. The molecule has 0 aromatic heterocycles. The van der Waals surface area contributed by atoms with Gasteiger partial charge in [0.1, 0.15) is 0 Å². The van der Waals surface area contributed by atoms with Gasteiger partial charge in [0.25, 0.3) is 0 Å². The fourth-order valence-electron chi connectivity index (χ4n) is 3.06. The van der Waals surface area contributed by atoms with E-state index in [1.165, 1.54) is 0 Å². The minimum Gasteiger partial charge on any atom is -0.328 e. The molecule has 0 amide bonds. The Labute approximate surface area is 123 Å². The fourth-order valence-corrected chi connectivity index (χ4v) is 4.87. The van der Waals surface area contributed by atoms with E-state index in [2.05, 4.69) is 18.7 Å². The van der Waals surface area contributed by atoms with Gasteiger partial charge in [-0.25, -0.2) is 12.7 Å². The van der Waals surface area contributed by atoms with Crippen LogP contribution in [0.25, 0.3) is 0 Å². The van der Waals surface area contributed by atoms with Gasteiger partial charge >= 0.3 is 0 Å². The van der Waals surface area contributed by atoms with Crippen molar-refractivity contribution in [2.75, 3.05) is 31.9 Å². The summed E-state index contributed by atoms with van der Waals surface area (Å²) in [6.07, 6.45) is 3.80. The topological polar surface area (TPSA) is 66.6 Å². The van der Waals surface area contributed by atoms with Crippen LogP contribution >= 0.6 is 0 Å². The third-order valence-electron chi connectivity index (χ3n) is 4.56. The van der Waals surface area contributed by atoms with Gasteiger partial charge in [-0.3, -0.25) is 4.90 Å². The van der Waals surface area contributed by atoms with E-state index in [4.69, 9.17) is 5.73 Å². The Balaban J connectivity index is 1.85. The Morgan fingerprint density at radius 3 is 2.40 bits per heavy atom. The van der Waals surface area contributed by atoms with Gasteiger partial charge < -0.3 is 5.73 Å². The lowest BCUT2D eigenvalue weighted by molar-refractivity contribution is 0.159. The summed E-state index contributed by atoms with van der Waals surface area (Å²) in [4.78, 5) is 2.43. The molecule has 2 aliphatic rings. The molecular formula is C14H29N3O2S. The molecule has 2 N–H and O–H groups in total. The van der Waals surface area contributed by atoms with Crippen molar-refractivity contribution in [2.24, 2.45) is 11.7 Å². The van der Waals surface area contributed by atoms with Gasteiger partial charge in [0.15, 0.2) is 0 Å². The zero-order valence-corrected chi connectivity index (χ0v) is 13.6. The maximum atomic E-state index is 12.3. The molecule has 2 fully saturated rings. The minimum atomic E-state index is -3.06. The standard InChI is InChI=1S/C14H29N3O2S/c1-12(2)6-10-20(18,19)17-9-5-14(11-17)16-7-3-13(15)4-8-16/h12-14H,3-11,15H2,1-2H3. The predicted molar refractivity (Wildman–Crippen MR) is 82.0 cm³/mol. The largest absolute Gasteiger partial charge is 0.328 e. The van der Waals surface area contributed by atoms with Crippen LogP contribution in [0.3, 0.4) is 0 Å². The second-order valence-electron chi connectivity index (χ2n) is 6.67. The lowest BCUT2D eigenvalue weighted by Gasteiger charge is -2.34. The first-order valence-corrected chi connectivity index (χ1v) is 9.47. The summed E-state index contributed by atoms with van der Waals surface area (Å²) in [6.45, 7) is 7.54. The average molecular weight is 303 g/mol. The third kappa shape index (κ3) is 4.16. The number of likely N-dealkylation sites (tertiary alicyclic amines) is 1. The van der Waals surface area contributed by atoms with Crippen LogP contribution in [0.5, 0.6) is 0 Å². The van der Waals surface area contributed by atoms with E-state index in [0.717, 1.165) is 38.8 Å². The van der Waals surface area contributed by atoms with Gasteiger partial charge in [0.05, 0.1) is 5.75 Å². The highest BCUT2D eigenvalue weighted by Gasteiger charge is 2.35. The van der Waals surface area contributed by atoms with Crippen molar-refractivity contribution in [3.8, 4) is 0 Å². The maximum absolute atomic E-state index is 12.3. The Hall–Kier alpha value is -0.170. The molecule has 2 saturated heterocycles. The van der Waals surface area contributed by atoms with Crippen molar-refractivity contribution >= 4 is 10.0 Å². The number of hydrogen-bond donors (Lipinski definition) is 1. The summed E-state index contributed by atoms with van der Waals surface area (Å²) >= 11 is 0. The molecule has 6 heteroatoms. The molecule has 2 heterocycles. The maximum Gasteiger partial charge on any atom is 0.214 e. The molecular weight excluding hydrogens is 274 g/mol. The first-order valence-electron chi connectivity index (χ1n) is 7.86. The summed E-state index contributed by atoms with van der Waals surface area (Å²) in [5.41, 5.74) is 5.93. The molecule has 0 spiro atoms. The normalized spacial score (nSPS) is 27.5. The van der Waals surface area contributed by atoms with Gasteiger partial charge in [-0.2, -0.15) is 0 Å². The van der Waals surface area contributed by atoms with E-state index in [0.29, 0.717) is 36.8 Å². The molecule has 0 aliphatic carbocycles. The van der Waals surface area contributed by atoms with E-state index in [1.807, 2.05) is 0 Å². The molecule has 5 nitrogen and oxygen atoms in total. The van der Waals surface area contributed by atoms with E-state index in [-0.39, 0.29) is 0 Å². The van der Waals surface area contributed by atoms with Crippen LogP contribution in [0.4, 0.5) is 0 Å². The molecule has 118 valence electrons. The molecule has 20 heavy (non-hydrogen) atoms. The lowest BCUT2D eigenvalue weighted by Crippen LogP contribution is -2.46. The molecule has 0 aromatic rings. The van der Waals surface area contributed by atoms with Crippen LogP contribution in [0.2, 0.25) is 0 Å². The van der Waals surface area contributed by atoms with E-state index in [9.17, 15) is 8.42 Å². The van der Waals surface area contributed by atoms with Crippen LogP contribution in [0.1, 0.15) is 39.5 Å². The van der Waals surface area contributed by atoms with Crippen LogP contribution < -0.4 is 5.73 Å². The van der Waals surface area contributed by atoms with E-state index in [1.54, 1.807) is 4.31 Å². The van der Waals surface area contributed by atoms with Gasteiger partial charge in [-0.15, -0.1) is 0 Å². The molecule has 0 aromatic carbocycles. The smallest absolute Gasteiger partial charge is 0.214 e. The number of sulfonamides is 1. The molecule has 2 rings (SSSR count). The van der Waals surface area contributed by atoms with Crippen LogP contribution in [-0.2, 0) is 10.0 Å². The molecule has 1 unspecified atom stereocenters. The molecule has 1 atom stereocenters. The Morgan fingerprint density at radius 2 is 1.80 bits per heavy atom. The first-order chi connectivity index (χ1) is 9.38. The molecule has 0 radical (unpaired) electrons. The van der Waals surface area contributed by atoms with Crippen molar-refractivity contribution < 1.29 is 8.42 Å². The van der Waals surface area contributed by atoms with Crippen molar-refractivity contribution in [3.05, 3.63) is 0 Å². The molecule has 0 saturated carbocycles. The number of nitrogens with two attached hydrogens (primary N) is 1. The summed E-state index contributed by atoms with van der Waals surface area (Å²) in [5.74, 6) is 0.731. The van der Waals surface area contributed by atoms with E-state index < -0.39 is 10.0 Å². The van der Waals surface area contributed by atoms with Crippen molar-refractivity contribution in [1.82, 2.24) is 9.21 Å². The van der Waals surface area contributed by atoms with Crippen molar-refractivity contribution in [3.63, 3.8) is 0 Å². The Bertz CT molecular complexity index is 403. The van der Waals surface area contributed by atoms with Gasteiger partial charge in [-0.1, -0.05) is 13.8 Å². The van der Waals surface area contributed by atoms with Crippen LogP contribution in [-0.4, -0.2) is 61.6 Å². The zero-order chi connectivity index (χ0) is 14.8. The molecule has 0 bridgehead atoms. The highest BCUT2D eigenvalue weighted by Crippen LogP contribution is 2.22. The highest BCUT2D eigenvalue weighted by atomic mass is 32.2. The number of hydrogen-bond acceptors (Lipinski definition) is 4. The van der Waals surface area contributed by atoms with Gasteiger partial charge in [-0.05, 0) is 44.7 Å². The summed E-state index contributed by atoms with van der Waals surface area (Å²) in [7, 11) is -3.06. The average Bonchev–Trinajstić information content (AvgIpc) is 2.88. The number of nitrogens with zero attached hydrogens (tertiary/aromatic N) is 2. The monoisotopic (exact) mass is 303 g/mol. The highest BCUT2D eigenvalue weighted by molar-refractivity contribution is 7.89. The molecule has 2 aliphatic heterocycles. The first kappa shape index (κ1) is 16.2. The quantitative estimate of drug-likeness (QED) is 0.818.